The molecule has 1 saturated carbocycles. The molecule has 2 N–H and O–H groups in total. The van der Waals surface area contributed by atoms with Crippen LogP contribution in [0.2, 0.25) is 0 Å². The lowest BCUT2D eigenvalue weighted by atomic mass is 9.82. The number of hydrogen-bond acceptors (Lipinski definition) is 4. The quantitative estimate of drug-likeness (QED) is 0.404. The summed E-state index contributed by atoms with van der Waals surface area (Å²) in [5.41, 5.74) is 4.28. The van der Waals surface area contributed by atoms with E-state index in [-0.39, 0.29) is 30.3 Å². The Balaban J connectivity index is 1.67. The van der Waals surface area contributed by atoms with Crippen LogP contribution in [0.3, 0.4) is 0 Å². The number of fused-ring (bicyclic) bond motifs is 1. The molecule has 3 amide bonds. The summed E-state index contributed by atoms with van der Waals surface area (Å²) >= 11 is 0. The highest BCUT2D eigenvalue weighted by molar-refractivity contribution is 6.12. The second-order valence-corrected chi connectivity index (χ2v) is 11.4. The molecule has 8 nitrogen and oxygen atoms in total. The first-order valence-corrected chi connectivity index (χ1v) is 13.6. The van der Waals surface area contributed by atoms with Crippen LogP contribution in [-0.4, -0.2) is 46.8 Å². The van der Waals surface area contributed by atoms with Crippen molar-refractivity contribution >= 4 is 35.0 Å². The molecule has 1 heterocycles. The summed E-state index contributed by atoms with van der Waals surface area (Å²) in [5, 5.41) is 18.1. The lowest BCUT2D eigenvalue weighted by molar-refractivity contribution is -0.136. The van der Waals surface area contributed by atoms with Crippen LogP contribution in [0.4, 0.5) is 16.2 Å². The van der Waals surface area contributed by atoms with E-state index in [1.807, 2.05) is 24.3 Å². The van der Waals surface area contributed by atoms with E-state index in [9.17, 15) is 14.4 Å². The Morgan fingerprint density at radius 3 is 2.46 bits per heavy atom. The molecule has 0 unspecified atom stereocenters. The molecule has 39 heavy (non-hydrogen) atoms. The lowest BCUT2D eigenvalue weighted by Crippen LogP contribution is -2.45. The first-order chi connectivity index (χ1) is 18.5. The lowest BCUT2D eigenvalue weighted by Gasteiger charge is -2.31. The van der Waals surface area contributed by atoms with Crippen molar-refractivity contribution in [1.82, 2.24) is 5.01 Å². The minimum absolute atomic E-state index is 0.145. The van der Waals surface area contributed by atoms with Crippen molar-refractivity contribution in [3.05, 3.63) is 71.8 Å². The number of amides is 3. The van der Waals surface area contributed by atoms with Gasteiger partial charge < -0.3 is 10.4 Å². The number of carboxylic acid groups (broad SMARTS) is 1. The van der Waals surface area contributed by atoms with Gasteiger partial charge in [0.15, 0.2) is 0 Å². The van der Waals surface area contributed by atoms with E-state index < -0.39 is 11.9 Å². The topological polar surface area (TPSA) is 102 Å². The van der Waals surface area contributed by atoms with E-state index in [1.165, 1.54) is 11.4 Å². The number of hydrogen-bond donors (Lipinski definition) is 2. The number of hydrazone groups is 1. The second kappa shape index (κ2) is 11.8. The van der Waals surface area contributed by atoms with E-state index in [4.69, 9.17) is 10.2 Å². The summed E-state index contributed by atoms with van der Waals surface area (Å²) in [7, 11) is 0. The summed E-state index contributed by atoms with van der Waals surface area (Å²) in [6.07, 6.45) is 5.25. The number of aliphatic carboxylic acids is 1. The van der Waals surface area contributed by atoms with Gasteiger partial charge in [0.05, 0.1) is 17.8 Å². The van der Waals surface area contributed by atoms with Crippen LogP contribution >= 0.6 is 0 Å². The normalized spacial score (nSPS) is 16.3. The van der Waals surface area contributed by atoms with Crippen LogP contribution in [0.15, 0.2) is 65.8 Å². The predicted octanol–water partition coefficient (Wildman–Crippen LogP) is 6.08. The van der Waals surface area contributed by atoms with E-state index in [1.54, 1.807) is 29.2 Å². The largest absolute Gasteiger partial charge is 0.481 e. The number of benzene rings is 2. The maximum absolute atomic E-state index is 14.0. The third-order valence-corrected chi connectivity index (χ3v) is 7.41. The van der Waals surface area contributed by atoms with Crippen LogP contribution in [0.25, 0.3) is 0 Å². The van der Waals surface area contributed by atoms with E-state index in [2.05, 4.69) is 32.7 Å². The fourth-order valence-electron chi connectivity index (χ4n) is 5.03. The zero-order valence-electron chi connectivity index (χ0n) is 23.1. The summed E-state index contributed by atoms with van der Waals surface area (Å²) in [6, 6.07) is 14.2. The Hall–Kier alpha value is -3.94. The highest BCUT2D eigenvalue weighted by Gasteiger charge is 2.35. The molecule has 2 aromatic rings. The Labute approximate surface area is 230 Å². The summed E-state index contributed by atoms with van der Waals surface area (Å²) in [5.74, 6) is -1.16. The van der Waals surface area contributed by atoms with E-state index >= 15 is 0 Å². The molecule has 0 aromatic heterocycles. The third kappa shape index (κ3) is 6.93. The van der Waals surface area contributed by atoms with Gasteiger partial charge in [-0.15, -0.1) is 0 Å². The average molecular weight is 531 g/mol. The van der Waals surface area contributed by atoms with Gasteiger partial charge >= 0.3 is 12.0 Å². The SMILES string of the molecule is C=C(CN1C(=O)N(CC(=O)Nc2cccc(CC(=O)O)c2)N=C(C2CCCCC2)c2ccccc21)C(C)(C)C. The molecule has 4 rings (SSSR count). The molecule has 2 aromatic carbocycles. The van der Waals surface area contributed by atoms with Crippen molar-refractivity contribution in [3.63, 3.8) is 0 Å². The van der Waals surface area contributed by atoms with E-state index in [0.29, 0.717) is 17.8 Å². The maximum atomic E-state index is 14.0. The Bertz CT molecular complexity index is 1290. The summed E-state index contributed by atoms with van der Waals surface area (Å²) in [6.45, 7) is 10.5. The number of nitrogens with one attached hydrogen (secondary N) is 1. The highest BCUT2D eigenvalue weighted by Crippen LogP contribution is 2.35. The molecule has 1 aliphatic heterocycles. The number of carbonyl (C=O) groups is 3. The number of carboxylic acids is 1. The van der Waals surface area contributed by atoms with Crippen molar-refractivity contribution in [1.29, 1.82) is 0 Å². The van der Waals surface area contributed by atoms with Gasteiger partial charge in [-0.3, -0.25) is 14.5 Å². The highest BCUT2D eigenvalue weighted by atomic mass is 16.4. The van der Waals surface area contributed by atoms with Crippen molar-refractivity contribution in [2.24, 2.45) is 16.4 Å². The minimum Gasteiger partial charge on any atom is -0.481 e. The zero-order chi connectivity index (χ0) is 28.2. The van der Waals surface area contributed by atoms with Gasteiger partial charge in [0.25, 0.3) is 0 Å². The number of para-hydroxylation sites is 1. The number of anilines is 2. The average Bonchev–Trinajstić information content (AvgIpc) is 2.99. The summed E-state index contributed by atoms with van der Waals surface area (Å²) < 4.78 is 0. The van der Waals surface area contributed by atoms with E-state index in [0.717, 1.165) is 48.2 Å². The molecule has 1 aliphatic carbocycles. The number of rotatable bonds is 8. The maximum Gasteiger partial charge on any atom is 0.345 e. The van der Waals surface area contributed by atoms with Gasteiger partial charge in [-0.1, -0.05) is 82.5 Å². The van der Waals surface area contributed by atoms with Crippen molar-refractivity contribution in [2.75, 3.05) is 23.3 Å². The monoisotopic (exact) mass is 530 g/mol. The van der Waals surface area contributed by atoms with Crippen LogP contribution in [0.1, 0.15) is 64.0 Å². The van der Waals surface area contributed by atoms with Gasteiger partial charge in [0.2, 0.25) is 5.91 Å². The van der Waals surface area contributed by atoms with Gasteiger partial charge in [0, 0.05) is 23.7 Å². The third-order valence-electron chi connectivity index (χ3n) is 7.41. The predicted molar refractivity (Wildman–Crippen MR) is 154 cm³/mol. The molecule has 0 bridgehead atoms. The van der Waals surface area contributed by atoms with Gasteiger partial charge in [-0.05, 0) is 42.0 Å². The van der Waals surface area contributed by atoms with Crippen LogP contribution in [0, 0.1) is 11.3 Å². The van der Waals surface area contributed by atoms with Crippen LogP contribution in [-0.2, 0) is 16.0 Å². The fraction of sp³-hybridized carbons (Fsp3) is 0.419. The van der Waals surface area contributed by atoms with Gasteiger partial charge in [-0.2, -0.15) is 5.10 Å². The summed E-state index contributed by atoms with van der Waals surface area (Å²) in [4.78, 5) is 40.0. The van der Waals surface area contributed by atoms with Crippen molar-refractivity contribution < 1.29 is 19.5 Å². The Morgan fingerprint density at radius 1 is 1.05 bits per heavy atom. The van der Waals surface area contributed by atoms with Crippen LogP contribution in [0.5, 0.6) is 0 Å². The fourth-order valence-corrected chi connectivity index (χ4v) is 5.03. The zero-order valence-corrected chi connectivity index (χ0v) is 23.1. The minimum atomic E-state index is -0.949. The first kappa shape index (κ1) is 28.1. The number of nitrogens with zero attached hydrogens (tertiary/aromatic N) is 3. The Kier molecular flexibility index (Phi) is 8.53. The molecule has 2 aliphatic rings. The molecule has 0 saturated heterocycles. The second-order valence-electron chi connectivity index (χ2n) is 11.4. The molecule has 206 valence electrons. The smallest absolute Gasteiger partial charge is 0.345 e. The standard InChI is InChI=1S/C31H38N4O4/c1-21(31(2,3)4)19-34-26-16-9-8-15-25(26)29(23-12-6-5-7-13-23)33-35(30(34)39)20-27(36)32-24-14-10-11-22(17-24)18-28(37)38/h8-11,14-17,23H,1,5-7,12-13,18-20H2,2-4H3,(H,32,36)(H,37,38). The van der Waals surface area contributed by atoms with Crippen LogP contribution < -0.4 is 10.2 Å². The Morgan fingerprint density at radius 2 is 1.77 bits per heavy atom. The molecule has 0 atom stereocenters. The number of urea groups is 1. The first-order valence-electron chi connectivity index (χ1n) is 13.6. The van der Waals surface area contributed by atoms with Crippen molar-refractivity contribution in [3.8, 4) is 0 Å². The molecular weight excluding hydrogens is 492 g/mol. The molecule has 0 radical (unpaired) electrons. The van der Waals surface area contributed by atoms with Gasteiger partial charge in [0.1, 0.15) is 6.54 Å². The number of carbonyl (C=O) groups excluding carboxylic acids is 2. The molecular formula is C31H38N4O4. The van der Waals surface area contributed by atoms with Gasteiger partial charge in [-0.25, -0.2) is 9.80 Å². The molecule has 0 spiro atoms. The molecule has 1 fully saturated rings. The van der Waals surface area contributed by atoms with Crippen molar-refractivity contribution in [2.45, 2.75) is 59.3 Å². The molecule has 8 heteroatoms.